The highest BCUT2D eigenvalue weighted by Crippen LogP contribution is 2.47. The van der Waals surface area contributed by atoms with Crippen LogP contribution >= 0.6 is 7.60 Å². The summed E-state index contributed by atoms with van der Waals surface area (Å²) in [5.41, 5.74) is -1.36. The highest BCUT2D eigenvalue weighted by Gasteiger charge is 2.56. The second-order valence-electron chi connectivity index (χ2n) is 8.06. The fourth-order valence-electron chi connectivity index (χ4n) is 3.70. The zero-order valence-electron chi connectivity index (χ0n) is 17.9. The molecular weight excluding hydrogens is 461 g/mol. The summed E-state index contributed by atoms with van der Waals surface area (Å²) in [6, 6.07) is 6.25. The van der Waals surface area contributed by atoms with E-state index in [1.165, 1.54) is 47.8 Å². The van der Waals surface area contributed by atoms with Crippen molar-refractivity contribution in [2.75, 3.05) is 13.3 Å². The van der Waals surface area contributed by atoms with Gasteiger partial charge in [0.15, 0.2) is 12.0 Å². The van der Waals surface area contributed by atoms with Gasteiger partial charge in [0.1, 0.15) is 24.1 Å². The average molecular weight is 483 g/mol. The van der Waals surface area contributed by atoms with Crippen molar-refractivity contribution in [3.8, 4) is 5.75 Å². The molecule has 1 unspecified atom stereocenters. The number of nitrogens with one attached hydrogen (secondary N) is 1. The summed E-state index contributed by atoms with van der Waals surface area (Å²) < 4.78 is 42.6. The van der Waals surface area contributed by atoms with Crippen molar-refractivity contribution in [1.82, 2.24) is 9.55 Å². The Bertz CT molecular complexity index is 1210. The standard InChI is InChI=1S/C19H22N3O10P/c1-19(2)30-15-13(29-17(16(15)31-19)21-9-8-14(23)20-18(21)24)10-28-33(3,27)32-12-6-4-11(5-7-12)22(25)26/h4-9,13,15-17H,10H2,1-3H3,(H,20,23,24)/t13-,15-,16-,17-,33?/m1/s1. The first-order valence-corrected chi connectivity index (χ1v) is 11.9. The van der Waals surface area contributed by atoms with Crippen LogP contribution < -0.4 is 15.8 Å². The third kappa shape index (κ3) is 5.07. The molecule has 2 aliphatic heterocycles. The van der Waals surface area contributed by atoms with Gasteiger partial charge in [0, 0.05) is 31.1 Å². The maximum absolute atomic E-state index is 12.8. The van der Waals surface area contributed by atoms with Crippen molar-refractivity contribution in [3.63, 3.8) is 0 Å². The first kappa shape index (κ1) is 23.3. The van der Waals surface area contributed by atoms with Crippen LogP contribution in [0.5, 0.6) is 5.75 Å². The zero-order valence-corrected chi connectivity index (χ0v) is 18.8. The van der Waals surface area contributed by atoms with E-state index in [0.717, 1.165) is 0 Å². The number of aromatic amines is 1. The quantitative estimate of drug-likeness (QED) is 0.349. The number of nitrogens with zero attached hydrogens (tertiary/aromatic N) is 2. The molecule has 5 atom stereocenters. The molecular formula is C19H22N3O10P. The molecule has 178 valence electrons. The fourth-order valence-corrected chi connectivity index (χ4v) is 4.68. The lowest BCUT2D eigenvalue weighted by Gasteiger charge is -2.25. The van der Waals surface area contributed by atoms with Crippen LogP contribution in [0.1, 0.15) is 20.1 Å². The van der Waals surface area contributed by atoms with Crippen LogP contribution in [0.4, 0.5) is 5.69 Å². The summed E-state index contributed by atoms with van der Waals surface area (Å²) in [7, 11) is -3.64. The van der Waals surface area contributed by atoms with Gasteiger partial charge in [-0.05, 0) is 26.0 Å². The van der Waals surface area contributed by atoms with E-state index in [1.54, 1.807) is 13.8 Å². The molecule has 1 aromatic carbocycles. The van der Waals surface area contributed by atoms with Crippen molar-refractivity contribution >= 4 is 13.3 Å². The van der Waals surface area contributed by atoms with Gasteiger partial charge in [0.05, 0.1) is 11.5 Å². The van der Waals surface area contributed by atoms with Gasteiger partial charge in [-0.15, -0.1) is 0 Å². The zero-order chi connectivity index (χ0) is 24.0. The molecule has 13 nitrogen and oxygen atoms in total. The summed E-state index contributed by atoms with van der Waals surface area (Å²) in [5, 5.41) is 10.8. The van der Waals surface area contributed by atoms with Gasteiger partial charge in [0.2, 0.25) is 0 Å². The molecule has 0 bridgehead atoms. The summed E-state index contributed by atoms with van der Waals surface area (Å²) in [5.74, 6) is -0.831. The van der Waals surface area contributed by atoms with E-state index in [1.807, 2.05) is 0 Å². The van der Waals surface area contributed by atoms with Gasteiger partial charge in [-0.1, -0.05) is 0 Å². The molecule has 1 aromatic heterocycles. The average Bonchev–Trinajstić information content (AvgIpc) is 3.20. The Morgan fingerprint density at radius 3 is 2.48 bits per heavy atom. The van der Waals surface area contributed by atoms with E-state index in [9.17, 15) is 24.3 Å². The summed E-state index contributed by atoms with van der Waals surface area (Å²) in [6.07, 6.45) is -1.73. The van der Waals surface area contributed by atoms with Crippen molar-refractivity contribution in [2.24, 2.45) is 0 Å². The van der Waals surface area contributed by atoms with Gasteiger partial charge < -0.3 is 18.7 Å². The van der Waals surface area contributed by atoms with Crippen LogP contribution in [-0.4, -0.2) is 51.8 Å². The molecule has 3 heterocycles. The molecule has 33 heavy (non-hydrogen) atoms. The Hall–Kier alpha value is -2.83. The van der Waals surface area contributed by atoms with E-state index < -0.39 is 54.1 Å². The smallest absolute Gasteiger partial charge is 0.376 e. The molecule has 2 aliphatic rings. The molecule has 14 heteroatoms. The molecule has 0 aliphatic carbocycles. The summed E-state index contributed by atoms with van der Waals surface area (Å²) in [4.78, 5) is 36.0. The minimum Gasteiger partial charge on any atom is -0.425 e. The SMILES string of the molecule is CC1(C)O[C@@H]2[C@H](O1)[C@@H](COP(C)(=O)Oc1ccc([N+](=O)[O-])cc1)O[C@H]2n1ccc(=O)[nH]c1=O. The van der Waals surface area contributed by atoms with Gasteiger partial charge in [-0.25, -0.2) is 9.36 Å². The van der Waals surface area contributed by atoms with Crippen molar-refractivity contribution in [2.45, 2.75) is 44.2 Å². The Kier molecular flexibility index (Phi) is 6.01. The third-order valence-corrected chi connectivity index (χ3v) is 6.20. The highest BCUT2D eigenvalue weighted by atomic mass is 31.2. The highest BCUT2D eigenvalue weighted by molar-refractivity contribution is 7.53. The van der Waals surface area contributed by atoms with E-state index in [2.05, 4.69) is 4.98 Å². The Balaban J connectivity index is 1.47. The molecule has 1 N–H and O–H groups in total. The summed E-state index contributed by atoms with van der Waals surface area (Å²) in [6.45, 7) is 4.45. The lowest BCUT2D eigenvalue weighted by Crippen LogP contribution is -2.37. The number of nitro groups is 1. The lowest BCUT2D eigenvalue weighted by molar-refractivity contribution is -0.384. The topological polar surface area (TPSA) is 161 Å². The Morgan fingerprint density at radius 1 is 1.18 bits per heavy atom. The predicted octanol–water partition coefficient (Wildman–Crippen LogP) is 1.78. The molecule has 2 aromatic rings. The van der Waals surface area contributed by atoms with Crippen LogP contribution in [0.2, 0.25) is 0 Å². The minimum atomic E-state index is -3.64. The normalized spacial score (nSPS) is 27.6. The Labute approximate surface area is 186 Å². The van der Waals surface area contributed by atoms with Crippen LogP contribution in [0.15, 0.2) is 46.1 Å². The van der Waals surface area contributed by atoms with Crippen molar-refractivity contribution in [3.05, 3.63) is 67.5 Å². The van der Waals surface area contributed by atoms with E-state index >= 15 is 0 Å². The number of aromatic nitrogens is 2. The van der Waals surface area contributed by atoms with Crippen LogP contribution in [-0.2, 0) is 23.3 Å². The molecule has 0 saturated carbocycles. The third-order valence-electron chi connectivity index (χ3n) is 5.04. The monoisotopic (exact) mass is 483 g/mol. The van der Waals surface area contributed by atoms with Crippen LogP contribution in [0, 0.1) is 10.1 Å². The number of hydrogen-bond donors (Lipinski definition) is 1. The first-order valence-electron chi connectivity index (χ1n) is 9.93. The van der Waals surface area contributed by atoms with E-state index in [4.69, 9.17) is 23.3 Å². The molecule has 2 fully saturated rings. The maximum atomic E-state index is 12.8. The van der Waals surface area contributed by atoms with Gasteiger partial charge in [0.25, 0.3) is 11.2 Å². The number of hydrogen-bond acceptors (Lipinski definition) is 10. The number of benzene rings is 1. The van der Waals surface area contributed by atoms with Gasteiger partial charge in [-0.3, -0.25) is 29.0 Å². The number of nitro benzene ring substituents is 1. The molecule has 0 amide bonds. The molecule has 0 radical (unpaired) electrons. The number of fused-ring (bicyclic) bond motifs is 1. The number of rotatable bonds is 7. The van der Waals surface area contributed by atoms with E-state index in [-0.39, 0.29) is 18.0 Å². The Morgan fingerprint density at radius 2 is 1.85 bits per heavy atom. The number of ether oxygens (including phenoxy) is 3. The number of non-ortho nitro benzene ring substituents is 1. The van der Waals surface area contributed by atoms with Gasteiger partial charge >= 0.3 is 13.3 Å². The van der Waals surface area contributed by atoms with Crippen molar-refractivity contribution in [1.29, 1.82) is 0 Å². The fraction of sp³-hybridized carbons (Fsp3) is 0.474. The largest absolute Gasteiger partial charge is 0.425 e. The van der Waals surface area contributed by atoms with Crippen LogP contribution in [0.25, 0.3) is 0 Å². The van der Waals surface area contributed by atoms with E-state index in [0.29, 0.717) is 0 Å². The first-order chi connectivity index (χ1) is 15.4. The van der Waals surface area contributed by atoms with Crippen LogP contribution in [0.3, 0.4) is 0 Å². The lowest BCUT2D eigenvalue weighted by atomic mass is 10.1. The molecule has 0 spiro atoms. The van der Waals surface area contributed by atoms with Crippen molar-refractivity contribution < 1.29 is 32.7 Å². The minimum absolute atomic E-state index is 0.135. The second kappa shape index (κ2) is 8.50. The maximum Gasteiger partial charge on any atom is 0.376 e. The molecule has 4 rings (SSSR count). The second-order valence-corrected chi connectivity index (χ2v) is 10.0. The van der Waals surface area contributed by atoms with Gasteiger partial charge in [-0.2, -0.15) is 0 Å². The predicted molar refractivity (Wildman–Crippen MR) is 112 cm³/mol. The molecule has 2 saturated heterocycles. The summed E-state index contributed by atoms with van der Waals surface area (Å²) >= 11 is 0. The number of H-pyrrole nitrogens is 1.